The molecule has 0 saturated carbocycles. The first kappa shape index (κ1) is 35.6. The van der Waals surface area contributed by atoms with E-state index in [9.17, 15) is 0 Å². The summed E-state index contributed by atoms with van der Waals surface area (Å²) in [5, 5.41) is 10.8. The van der Waals surface area contributed by atoms with E-state index in [-0.39, 0.29) is 12.1 Å². The third kappa shape index (κ3) is 8.36. The molecule has 48 heavy (non-hydrogen) atoms. The Morgan fingerprint density at radius 3 is 2.48 bits per heavy atom. The zero-order valence-electron chi connectivity index (χ0n) is 28.8. The molecule has 7 nitrogen and oxygen atoms in total. The summed E-state index contributed by atoms with van der Waals surface area (Å²) in [7, 11) is 0. The minimum atomic E-state index is -0.157. The van der Waals surface area contributed by atoms with Crippen LogP contribution in [0.5, 0.6) is 0 Å². The van der Waals surface area contributed by atoms with Crippen LogP contribution >= 0.6 is 0 Å². The van der Waals surface area contributed by atoms with Crippen molar-refractivity contribution in [3.8, 4) is 0 Å². The molecule has 1 aromatic heterocycles. The van der Waals surface area contributed by atoms with E-state index in [0.29, 0.717) is 19.6 Å². The summed E-state index contributed by atoms with van der Waals surface area (Å²) < 4.78 is 0. The van der Waals surface area contributed by atoms with Crippen LogP contribution in [0.2, 0.25) is 0 Å². The number of anilines is 2. The number of H-pyrrole nitrogens is 1. The van der Waals surface area contributed by atoms with Crippen LogP contribution in [0, 0.1) is 20.8 Å². The number of allylic oxidation sites excluding steroid dienone is 2. The first-order chi connectivity index (χ1) is 23.3. The molecule has 0 spiro atoms. The minimum Gasteiger partial charge on any atom is -0.376 e. The molecule has 2 heterocycles. The number of fused-ring (bicyclic) bond motifs is 1. The van der Waals surface area contributed by atoms with Gasteiger partial charge in [-0.2, -0.15) is 0 Å². The highest BCUT2D eigenvalue weighted by Gasteiger charge is 2.26. The fourth-order valence-corrected chi connectivity index (χ4v) is 6.31. The lowest BCUT2D eigenvalue weighted by atomic mass is 9.90. The smallest absolute Gasteiger partial charge is 0.200 e. The third-order valence-electron chi connectivity index (χ3n) is 8.45. The average molecular weight is 640 g/mol. The van der Waals surface area contributed by atoms with Crippen LogP contribution in [0.25, 0.3) is 5.57 Å². The summed E-state index contributed by atoms with van der Waals surface area (Å²) in [6, 6.07) is 10.6. The van der Waals surface area contributed by atoms with Gasteiger partial charge in [0, 0.05) is 66.2 Å². The van der Waals surface area contributed by atoms with Crippen molar-refractivity contribution >= 4 is 17.2 Å². The molecular weight excluding hydrogens is 591 g/mol. The maximum atomic E-state index is 5.97. The highest BCUT2D eigenvalue weighted by atomic mass is 15.1. The normalized spacial score (nSPS) is 13.5. The molecule has 0 amide bonds. The maximum Gasteiger partial charge on any atom is 0.200 e. The van der Waals surface area contributed by atoms with Gasteiger partial charge in [0.05, 0.1) is 17.8 Å². The van der Waals surface area contributed by atoms with E-state index >= 15 is 0 Å². The van der Waals surface area contributed by atoms with Gasteiger partial charge >= 0.3 is 0 Å². The van der Waals surface area contributed by atoms with Gasteiger partial charge in [0.25, 0.3) is 0 Å². The van der Waals surface area contributed by atoms with Gasteiger partial charge in [-0.05, 0) is 69.0 Å². The first-order valence-electron chi connectivity index (χ1n) is 16.4. The van der Waals surface area contributed by atoms with Crippen LogP contribution in [0.3, 0.4) is 0 Å². The number of hydrogen-bond acceptors (Lipinski definition) is 6. The summed E-state index contributed by atoms with van der Waals surface area (Å²) in [6.45, 7) is 27.3. The Morgan fingerprint density at radius 2 is 1.88 bits per heavy atom. The topological polar surface area (TPSA) is 94.0 Å². The molecule has 0 saturated heterocycles. The molecule has 0 bridgehead atoms. The lowest BCUT2D eigenvalue weighted by Gasteiger charge is -2.32. The molecule has 4 rings (SSSR count). The van der Waals surface area contributed by atoms with Gasteiger partial charge < -0.3 is 26.3 Å². The SMILES string of the molecule is C=C=C(NC[C@H](NC(C=C)c1c(C)cc(C)cc1C)C(=C=C)/C=C\C)C1=CN(CCCN)c2cc(CNc3ncc[nH]3)ccc2C1=C=C. The van der Waals surface area contributed by atoms with E-state index in [2.05, 4.69) is 132 Å². The van der Waals surface area contributed by atoms with Crippen molar-refractivity contribution in [2.24, 2.45) is 5.73 Å². The molecule has 2 atom stereocenters. The zero-order valence-corrected chi connectivity index (χ0v) is 28.8. The van der Waals surface area contributed by atoms with E-state index in [1.54, 1.807) is 12.4 Å². The number of rotatable bonds is 16. The lowest BCUT2D eigenvalue weighted by Crippen LogP contribution is -2.41. The van der Waals surface area contributed by atoms with E-state index in [1.165, 1.54) is 22.3 Å². The molecule has 1 unspecified atom stereocenters. The van der Waals surface area contributed by atoms with Gasteiger partial charge in [-0.15, -0.1) is 23.8 Å². The second kappa shape index (κ2) is 17.1. The van der Waals surface area contributed by atoms with Crippen molar-refractivity contribution < 1.29 is 0 Å². The molecule has 6 N–H and O–H groups in total. The Labute approximate surface area is 286 Å². The third-order valence-corrected chi connectivity index (χ3v) is 8.45. The Morgan fingerprint density at radius 1 is 1.10 bits per heavy atom. The fraction of sp³-hybridized carbons (Fsp3) is 0.268. The molecule has 0 radical (unpaired) electrons. The van der Waals surface area contributed by atoms with Crippen LogP contribution in [-0.4, -0.2) is 35.6 Å². The number of aryl methyl sites for hydroxylation is 3. The number of benzene rings is 2. The average Bonchev–Trinajstić information content (AvgIpc) is 3.61. The fourth-order valence-electron chi connectivity index (χ4n) is 6.31. The van der Waals surface area contributed by atoms with Gasteiger partial charge in [0.2, 0.25) is 0 Å². The number of nitrogens with two attached hydrogens (primary N) is 1. The maximum absolute atomic E-state index is 5.97. The quantitative estimate of drug-likeness (QED) is 0.0630. The van der Waals surface area contributed by atoms with Crippen LogP contribution in [0.1, 0.15) is 52.8 Å². The zero-order chi connectivity index (χ0) is 34.6. The molecular formula is C41H49N7. The molecule has 248 valence electrons. The van der Waals surface area contributed by atoms with Crippen LogP contribution in [0.4, 0.5) is 11.6 Å². The highest BCUT2D eigenvalue weighted by Crippen LogP contribution is 2.39. The number of nitrogens with one attached hydrogen (secondary N) is 4. The first-order valence-corrected chi connectivity index (χ1v) is 16.4. The van der Waals surface area contributed by atoms with Crippen molar-refractivity contribution in [1.82, 2.24) is 20.6 Å². The number of imidazole rings is 1. The molecule has 3 aromatic rings. The van der Waals surface area contributed by atoms with E-state index in [0.717, 1.165) is 58.1 Å². The number of aromatic nitrogens is 2. The highest BCUT2D eigenvalue weighted by molar-refractivity contribution is 5.92. The Hall–Kier alpha value is -5.25. The standard InChI is InChI=1S/C41H49N7/c1-9-15-32(10-2)38(47-37(13-5)40-29(7)22-28(6)23-30(40)8)26-45-36(12-4)35-27-48(21-14-18-42)39-24-31(16-17-34(39)33(35)11-3)25-46-41-43-19-20-44-41/h9,13,15-17,19-20,22-24,27,37-38,45,47H,2-5,14,18,21,25-26,42H2,1,6-8H3,(H2,43,44,46)/b15-9-/t37?,38-/m0/s1. The van der Waals surface area contributed by atoms with E-state index in [1.807, 2.05) is 25.2 Å². The monoisotopic (exact) mass is 639 g/mol. The molecule has 7 heteroatoms. The van der Waals surface area contributed by atoms with Crippen LogP contribution in [-0.2, 0) is 6.54 Å². The molecule has 2 aromatic carbocycles. The molecule has 1 aliphatic rings. The largest absolute Gasteiger partial charge is 0.376 e. The molecule has 0 fully saturated rings. The number of nitrogens with zero attached hydrogens (tertiary/aromatic N) is 2. The van der Waals surface area contributed by atoms with E-state index < -0.39 is 0 Å². The predicted molar refractivity (Wildman–Crippen MR) is 203 cm³/mol. The molecule has 1 aliphatic heterocycles. The van der Waals surface area contributed by atoms with Crippen molar-refractivity contribution in [3.63, 3.8) is 0 Å². The van der Waals surface area contributed by atoms with Gasteiger partial charge in [-0.1, -0.05) is 67.8 Å². The molecule has 0 aliphatic carbocycles. The van der Waals surface area contributed by atoms with Crippen molar-refractivity contribution in [2.45, 2.75) is 52.7 Å². The predicted octanol–water partition coefficient (Wildman–Crippen LogP) is 7.60. The lowest BCUT2D eigenvalue weighted by molar-refractivity contribution is 0.512. The number of hydrogen-bond donors (Lipinski definition) is 5. The second-order valence-corrected chi connectivity index (χ2v) is 11.9. The summed E-state index contributed by atoms with van der Waals surface area (Å²) >= 11 is 0. The van der Waals surface area contributed by atoms with Crippen LogP contribution in [0.15, 0.2) is 128 Å². The van der Waals surface area contributed by atoms with Crippen LogP contribution < -0.4 is 26.6 Å². The van der Waals surface area contributed by atoms with Gasteiger partial charge in [0.1, 0.15) is 0 Å². The summed E-state index contributed by atoms with van der Waals surface area (Å²) in [6.07, 6.45) is 12.5. The Kier molecular flexibility index (Phi) is 12.7. The number of aromatic amines is 1. The minimum absolute atomic E-state index is 0.0882. The summed E-state index contributed by atoms with van der Waals surface area (Å²) in [4.78, 5) is 9.61. The Balaban J connectivity index is 1.65. The van der Waals surface area contributed by atoms with Gasteiger partial charge in [-0.25, -0.2) is 4.98 Å². The van der Waals surface area contributed by atoms with Crippen molar-refractivity contribution in [1.29, 1.82) is 0 Å². The van der Waals surface area contributed by atoms with Gasteiger partial charge in [-0.3, -0.25) is 5.32 Å². The van der Waals surface area contributed by atoms with E-state index in [4.69, 9.17) is 5.73 Å². The second-order valence-electron chi connectivity index (χ2n) is 11.9. The summed E-state index contributed by atoms with van der Waals surface area (Å²) in [5.74, 6) is 0.730. The van der Waals surface area contributed by atoms with Crippen molar-refractivity contribution in [3.05, 3.63) is 161 Å². The van der Waals surface area contributed by atoms with Gasteiger partial charge in [0.15, 0.2) is 5.95 Å². The summed E-state index contributed by atoms with van der Waals surface area (Å²) in [5.41, 5.74) is 27.1. The Bertz CT molecular complexity index is 1800. The van der Waals surface area contributed by atoms with Crippen molar-refractivity contribution in [2.75, 3.05) is 29.9 Å².